The Morgan fingerprint density at radius 3 is 2.09 bits per heavy atom. The number of rotatable bonds is 0. The summed E-state index contributed by atoms with van der Waals surface area (Å²) in [5.41, 5.74) is 0. The van der Waals surface area contributed by atoms with E-state index in [1.54, 1.807) is 0 Å². The Hall–Kier alpha value is -0.0800. The van der Waals surface area contributed by atoms with Crippen LogP contribution >= 0.6 is 0 Å². The van der Waals surface area contributed by atoms with Gasteiger partial charge in [-0.1, -0.05) is 6.42 Å². The van der Waals surface area contributed by atoms with Crippen molar-refractivity contribution in [3.05, 3.63) is 0 Å². The molecule has 2 saturated heterocycles. The third-order valence-electron chi connectivity index (χ3n) is 3.27. The number of hydrogen-bond acceptors (Lipinski definition) is 2. The summed E-state index contributed by atoms with van der Waals surface area (Å²) in [7, 11) is 4.54. The van der Waals surface area contributed by atoms with E-state index in [1.807, 2.05) is 0 Å². The Morgan fingerprint density at radius 2 is 1.55 bits per heavy atom. The van der Waals surface area contributed by atoms with E-state index >= 15 is 0 Å². The number of piperazine rings is 1. The minimum atomic E-state index is 0.854. The predicted molar refractivity (Wildman–Crippen MR) is 46.7 cm³/mol. The first-order valence-corrected chi connectivity index (χ1v) is 4.68. The van der Waals surface area contributed by atoms with Crippen LogP contribution in [0.25, 0.3) is 0 Å². The zero-order chi connectivity index (χ0) is 7.84. The smallest absolute Gasteiger partial charge is 0.0223 e. The van der Waals surface area contributed by atoms with Gasteiger partial charge < -0.3 is 4.90 Å². The van der Waals surface area contributed by atoms with E-state index in [9.17, 15) is 0 Å². The van der Waals surface area contributed by atoms with Gasteiger partial charge in [-0.15, -0.1) is 0 Å². The fraction of sp³-hybridized carbons (Fsp3) is 1.00. The van der Waals surface area contributed by atoms with Gasteiger partial charge in [-0.3, -0.25) is 4.90 Å². The molecule has 0 aromatic heterocycles. The first-order valence-electron chi connectivity index (χ1n) is 4.68. The Kier molecular flexibility index (Phi) is 1.90. The molecule has 0 radical (unpaired) electrons. The number of piperidine rings is 1. The predicted octanol–water partition coefficient (Wildman–Crippen LogP) is 0.785. The average Bonchev–Trinajstić information content (AvgIpc) is 1.92. The lowest BCUT2D eigenvalue weighted by Crippen LogP contribution is -2.58. The van der Waals surface area contributed by atoms with Gasteiger partial charge in [0, 0.05) is 25.2 Å². The number of likely N-dealkylation sites (N-methyl/N-ethyl adjacent to an activating group) is 2. The quantitative estimate of drug-likeness (QED) is 0.509. The summed E-state index contributed by atoms with van der Waals surface area (Å²) in [6.07, 6.45) is 4.28. The molecule has 2 aliphatic rings. The van der Waals surface area contributed by atoms with Crippen molar-refractivity contribution in [1.29, 1.82) is 0 Å². The first-order chi connectivity index (χ1) is 5.27. The van der Waals surface area contributed by atoms with Crippen LogP contribution in [0.5, 0.6) is 0 Å². The number of hydrogen-bond donors (Lipinski definition) is 0. The molecular formula is C9H18N2. The van der Waals surface area contributed by atoms with E-state index in [-0.39, 0.29) is 0 Å². The molecule has 2 atom stereocenters. The van der Waals surface area contributed by atoms with Crippen molar-refractivity contribution < 1.29 is 0 Å². The highest BCUT2D eigenvalue weighted by Gasteiger charge is 2.32. The highest BCUT2D eigenvalue weighted by atomic mass is 15.3. The summed E-state index contributed by atoms with van der Waals surface area (Å²) in [6.45, 7) is 2.57. The summed E-state index contributed by atoms with van der Waals surface area (Å²) >= 11 is 0. The third kappa shape index (κ3) is 1.30. The molecule has 2 nitrogen and oxygen atoms in total. The van der Waals surface area contributed by atoms with Gasteiger partial charge in [0.1, 0.15) is 0 Å². The van der Waals surface area contributed by atoms with Crippen molar-refractivity contribution in [3.63, 3.8) is 0 Å². The molecule has 0 spiro atoms. The van der Waals surface area contributed by atoms with Gasteiger partial charge in [0.25, 0.3) is 0 Å². The second kappa shape index (κ2) is 2.76. The lowest BCUT2D eigenvalue weighted by Gasteiger charge is -2.47. The highest BCUT2D eigenvalue weighted by Crippen LogP contribution is 2.25. The van der Waals surface area contributed by atoms with Crippen LogP contribution in [0, 0.1) is 0 Å². The molecule has 11 heavy (non-hydrogen) atoms. The molecule has 0 aromatic carbocycles. The summed E-state index contributed by atoms with van der Waals surface area (Å²) in [5, 5.41) is 0. The van der Waals surface area contributed by atoms with Crippen LogP contribution < -0.4 is 0 Å². The lowest BCUT2D eigenvalue weighted by molar-refractivity contribution is 0.0217. The van der Waals surface area contributed by atoms with Crippen molar-refractivity contribution >= 4 is 0 Å². The Morgan fingerprint density at radius 1 is 1.00 bits per heavy atom. The van der Waals surface area contributed by atoms with Crippen molar-refractivity contribution in [2.24, 2.45) is 0 Å². The van der Waals surface area contributed by atoms with E-state index in [4.69, 9.17) is 0 Å². The second-order valence-electron chi connectivity index (χ2n) is 4.13. The minimum absolute atomic E-state index is 0.854. The zero-order valence-electron chi connectivity index (χ0n) is 7.58. The van der Waals surface area contributed by atoms with E-state index in [2.05, 4.69) is 23.9 Å². The minimum Gasteiger partial charge on any atom is -0.303 e. The standard InChI is InChI=1S/C9H18N2/c1-10-6-8-4-3-5-9(7-10)11(8)2/h8-9H,3-7H2,1-2H3/t8-,9+. The number of nitrogens with zero attached hydrogens (tertiary/aromatic N) is 2. The highest BCUT2D eigenvalue weighted by molar-refractivity contribution is 4.89. The van der Waals surface area contributed by atoms with Crippen LogP contribution in [0.3, 0.4) is 0 Å². The van der Waals surface area contributed by atoms with Crippen molar-refractivity contribution in [3.8, 4) is 0 Å². The maximum absolute atomic E-state index is 2.59. The Labute approximate surface area is 69.2 Å². The summed E-state index contributed by atoms with van der Waals surface area (Å²) in [5.74, 6) is 0. The van der Waals surface area contributed by atoms with Crippen LogP contribution in [0.4, 0.5) is 0 Å². The van der Waals surface area contributed by atoms with Crippen LogP contribution in [0.15, 0.2) is 0 Å². The normalized spacial score (nSPS) is 40.9. The molecule has 64 valence electrons. The molecule has 0 aromatic rings. The molecule has 2 heteroatoms. The molecule has 2 aliphatic heterocycles. The van der Waals surface area contributed by atoms with E-state index in [1.165, 1.54) is 32.4 Å². The largest absolute Gasteiger partial charge is 0.303 e. The number of likely N-dealkylation sites (tertiary alicyclic amines) is 1. The molecule has 0 N–H and O–H groups in total. The Bertz CT molecular complexity index is 132. The van der Waals surface area contributed by atoms with Gasteiger partial charge in [-0.25, -0.2) is 0 Å². The molecule has 2 rings (SSSR count). The monoisotopic (exact) mass is 154 g/mol. The van der Waals surface area contributed by atoms with Crippen molar-refractivity contribution in [1.82, 2.24) is 9.80 Å². The topological polar surface area (TPSA) is 6.48 Å². The average molecular weight is 154 g/mol. The molecule has 0 unspecified atom stereocenters. The molecule has 2 fully saturated rings. The second-order valence-corrected chi connectivity index (χ2v) is 4.13. The van der Waals surface area contributed by atoms with Crippen LogP contribution in [0.1, 0.15) is 19.3 Å². The van der Waals surface area contributed by atoms with Gasteiger partial charge in [0.15, 0.2) is 0 Å². The van der Waals surface area contributed by atoms with Gasteiger partial charge in [-0.05, 0) is 26.9 Å². The molecular weight excluding hydrogens is 136 g/mol. The maximum Gasteiger partial charge on any atom is 0.0223 e. The molecule has 0 aliphatic carbocycles. The molecule has 0 amide bonds. The summed E-state index contributed by atoms with van der Waals surface area (Å²) in [6, 6.07) is 1.71. The van der Waals surface area contributed by atoms with Crippen molar-refractivity contribution in [2.45, 2.75) is 31.3 Å². The van der Waals surface area contributed by atoms with E-state index in [0.717, 1.165) is 12.1 Å². The molecule has 2 bridgehead atoms. The van der Waals surface area contributed by atoms with Crippen LogP contribution in [-0.4, -0.2) is 49.1 Å². The fourth-order valence-corrected chi connectivity index (χ4v) is 2.53. The summed E-state index contributed by atoms with van der Waals surface area (Å²) in [4.78, 5) is 5.07. The first kappa shape index (κ1) is 7.56. The Balaban J connectivity index is 2.07. The fourth-order valence-electron chi connectivity index (χ4n) is 2.53. The van der Waals surface area contributed by atoms with Crippen LogP contribution in [0.2, 0.25) is 0 Å². The maximum atomic E-state index is 2.59. The number of fused-ring (bicyclic) bond motifs is 2. The van der Waals surface area contributed by atoms with Crippen molar-refractivity contribution in [2.75, 3.05) is 27.2 Å². The van der Waals surface area contributed by atoms with Crippen LogP contribution in [-0.2, 0) is 0 Å². The summed E-state index contributed by atoms with van der Waals surface area (Å²) < 4.78 is 0. The third-order valence-corrected chi connectivity index (χ3v) is 3.27. The van der Waals surface area contributed by atoms with Gasteiger partial charge in [0.2, 0.25) is 0 Å². The SMILES string of the molecule is CN1C[C@H]2CCC[C@@H](C1)N2C. The van der Waals surface area contributed by atoms with Gasteiger partial charge in [-0.2, -0.15) is 0 Å². The van der Waals surface area contributed by atoms with Gasteiger partial charge in [0.05, 0.1) is 0 Å². The van der Waals surface area contributed by atoms with E-state index in [0.29, 0.717) is 0 Å². The van der Waals surface area contributed by atoms with E-state index < -0.39 is 0 Å². The molecule has 0 saturated carbocycles. The van der Waals surface area contributed by atoms with Gasteiger partial charge >= 0.3 is 0 Å². The lowest BCUT2D eigenvalue weighted by atomic mass is 9.92. The molecule has 2 heterocycles. The zero-order valence-corrected chi connectivity index (χ0v) is 7.58.